The first-order valence-corrected chi connectivity index (χ1v) is 7.30. The Hall–Kier alpha value is -1.75. The van der Waals surface area contributed by atoms with Crippen molar-refractivity contribution in [3.05, 3.63) is 51.2 Å². The maximum absolute atomic E-state index is 12.7. The molecule has 0 atom stereocenters. The van der Waals surface area contributed by atoms with Crippen LogP contribution in [-0.2, 0) is 17.6 Å². The van der Waals surface area contributed by atoms with Crippen molar-refractivity contribution in [2.75, 3.05) is 6.54 Å². The van der Waals surface area contributed by atoms with Crippen LogP contribution in [0.3, 0.4) is 0 Å². The highest BCUT2D eigenvalue weighted by Crippen LogP contribution is 2.16. The Kier molecular flexibility index (Phi) is 4.84. The molecule has 0 unspecified atom stereocenters. The van der Waals surface area contributed by atoms with Crippen LogP contribution in [0.2, 0.25) is 0 Å². The number of amides is 1. The monoisotopic (exact) mass is 292 g/mol. The number of aryl methyl sites for hydroxylation is 2. The molecule has 0 fully saturated rings. The van der Waals surface area contributed by atoms with Crippen LogP contribution in [0.1, 0.15) is 21.1 Å². The molecule has 1 amide bonds. The average Bonchev–Trinajstić information content (AvgIpc) is 2.71. The maximum Gasteiger partial charge on any atom is 0.224 e. The molecule has 0 saturated heterocycles. The van der Waals surface area contributed by atoms with E-state index >= 15 is 0 Å². The van der Waals surface area contributed by atoms with Crippen molar-refractivity contribution < 1.29 is 9.18 Å². The van der Waals surface area contributed by atoms with E-state index in [2.05, 4.69) is 10.3 Å². The summed E-state index contributed by atoms with van der Waals surface area (Å²) in [7, 11) is 0. The molecule has 1 aromatic carbocycles. The summed E-state index contributed by atoms with van der Waals surface area (Å²) < 4.78 is 12.7. The van der Waals surface area contributed by atoms with Gasteiger partial charge in [0.2, 0.25) is 5.91 Å². The highest BCUT2D eigenvalue weighted by Gasteiger charge is 2.06. The van der Waals surface area contributed by atoms with Crippen LogP contribution >= 0.6 is 11.3 Å². The summed E-state index contributed by atoms with van der Waals surface area (Å²) in [5.41, 5.74) is 1.87. The summed E-state index contributed by atoms with van der Waals surface area (Å²) in [5, 5.41) is 3.90. The molecule has 0 bridgehead atoms. The number of thiazole rings is 1. The number of nitrogens with one attached hydrogen (secondary N) is 1. The molecule has 0 aliphatic rings. The van der Waals surface area contributed by atoms with Crippen LogP contribution in [0.4, 0.5) is 4.39 Å². The van der Waals surface area contributed by atoms with E-state index in [-0.39, 0.29) is 18.1 Å². The van der Waals surface area contributed by atoms with Gasteiger partial charge in [-0.05, 0) is 31.5 Å². The van der Waals surface area contributed by atoms with E-state index < -0.39 is 0 Å². The molecule has 3 nitrogen and oxygen atoms in total. The second-order valence-corrected chi connectivity index (χ2v) is 5.94. The molecular weight excluding hydrogens is 275 g/mol. The van der Waals surface area contributed by atoms with Gasteiger partial charge in [0.15, 0.2) is 0 Å². The predicted molar refractivity (Wildman–Crippen MR) is 78.4 cm³/mol. The number of rotatable bonds is 5. The number of carbonyl (C=O) groups excluding carboxylic acids is 1. The molecular formula is C15H17FN2OS. The van der Waals surface area contributed by atoms with Crippen molar-refractivity contribution in [2.45, 2.75) is 26.7 Å². The fourth-order valence-electron chi connectivity index (χ4n) is 1.81. The predicted octanol–water partition coefficient (Wildman–Crippen LogP) is 2.80. The zero-order valence-corrected chi connectivity index (χ0v) is 12.4. The lowest BCUT2D eigenvalue weighted by Crippen LogP contribution is -2.27. The summed E-state index contributed by atoms with van der Waals surface area (Å²) >= 11 is 1.67. The quantitative estimate of drug-likeness (QED) is 0.920. The maximum atomic E-state index is 12.7. The van der Waals surface area contributed by atoms with Gasteiger partial charge in [-0.3, -0.25) is 4.79 Å². The smallest absolute Gasteiger partial charge is 0.224 e. The van der Waals surface area contributed by atoms with Crippen molar-refractivity contribution in [1.29, 1.82) is 0 Å². The van der Waals surface area contributed by atoms with Gasteiger partial charge in [-0.1, -0.05) is 12.1 Å². The number of hydrogen-bond donors (Lipinski definition) is 1. The van der Waals surface area contributed by atoms with Crippen LogP contribution in [0.5, 0.6) is 0 Å². The lowest BCUT2D eigenvalue weighted by Gasteiger charge is -2.04. The van der Waals surface area contributed by atoms with Gasteiger partial charge in [0, 0.05) is 17.8 Å². The molecule has 2 rings (SSSR count). The van der Waals surface area contributed by atoms with Gasteiger partial charge in [-0.2, -0.15) is 0 Å². The summed E-state index contributed by atoms with van der Waals surface area (Å²) in [6.45, 7) is 4.61. The minimum Gasteiger partial charge on any atom is -0.355 e. The Labute approximate surface area is 121 Å². The van der Waals surface area contributed by atoms with E-state index in [1.54, 1.807) is 23.5 Å². The fraction of sp³-hybridized carbons (Fsp3) is 0.333. The molecule has 0 spiro atoms. The van der Waals surface area contributed by atoms with Gasteiger partial charge < -0.3 is 5.32 Å². The molecule has 0 radical (unpaired) electrons. The highest BCUT2D eigenvalue weighted by atomic mass is 32.1. The van der Waals surface area contributed by atoms with E-state index in [0.29, 0.717) is 6.54 Å². The standard InChI is InChI=1S/C15H17FN2OS/c1-10-11(2)20-15(18-10)7-8-17-14(19)9-12-3-5-13(16)6-4-12/h3-6H,7-9H2,1-2H3,(H,17,19). The second kappa shape index (κ2) is 6.61. The van der Waals surface area contributed by atoms with Gasteiger partial charge in [-0.15, -0.1) is 11.3 Å². The Bertz CT molecular complexity index is 573. The zero-order chi connectivity index (χ0) is 14.5. The molecule has 5 heteroatoms. The van der Waals surface area contributed by atoms with Crippen molar-refractivity contribution in [3.63, 3.8) is 0 Å². The minimum absolute atomic E-state index is 0.0541. The summed E-state index contributed by atoms with van der Waals surface area (Å²) in [5.74, 6) is -0.342. The molecule has 0 aliphatic heterocycles. The first-order chi connectivity index (χ1) is 9.54. The molecule has 0 aliphatic carbocycles. The van der Waals surface area contributed by atoms with Gasteiger partial charge >= 0.3 is 0 Å². The molecule has 1 N–H and O–H groups in total. The molecule has 0 saturated carbocycles. The third-order valence-electron chi connectivity index (χ3n) is 3.01. The molecule has 1 heterocycles. The number of hydrogen-bond acceptors (Lipinski definition) is 3. The number of halogens is 1. The molecule has 2 aromatic rings. The van der Waals surface area contributed by atoms with E-state index in [9.17, 15) is 9.18 Å². The van der Waals surface area contributed by atoms with Crippen molar-refractivity contribution in [3.8, 4) is 0 Å². The first kappa shape index (κ1) is 14.7. The van der Waals surface area contributed by atoms with E-state index in [1.807, 2.05) is 13.8 Å². The first-order valence-electron chi connectivity index (χ1n) is 6.48. The van der Waals surface area contributed by atoms with Crippen molar-refractivity contribution in [2.24, 2.45) is 0 Å². The topological polar surface area (TPSA) is 42.0 Å². The molecule has 1 aromatic heterocycles. The van der Waals surface area contributed by atoms with E-state index in [0.717, 1.165) is 22.7 Å². The lowest BCUT2D eigenvalue weighted by molar-refractivity contribution is -0.120. The van der Waals surface area contributed by atoms with Crippen LogP contribution in [0.25, 0.3) is 0 Å². The average molecular weight is 292 g/mol. The molecule has 20 heavy (non-hydrogen) atoms. The molecule has 106 valence electrons. The third-order valence-corrected chi connectivity index (χ3v) is 4.14. The summed E-state index contributed by atoms with van der Waals surface area (Å²) in [4.78, 5) is 17.4. The SMILES string of the molecule is Cc1nc(CCNC(=O)Cc2ccc(F)cc2)sc1C. The van der Waals surface area contributed by atoms with Crippen LogP contribution in [0, 0.1) is 19.7 Å². The number of nitrogens with zero attached hydrogens (tertiary/aromatic N) is 1. The Balaban J connectivity index is 1.76. The lowest BCUT2D eigenvalue weighted by atomic mass is 10.1. The van der Waals surface area contributed by atoms with Crippen LogP contribution < -0.4 is 5.32 Å². The zero-order valence-electron chi connectivity index (χ0n) is 11.6. The Morgan fingerprint density at radius 3 is 2.60 bits per heavy atom. The van der Waals surface area contributed by atoms with Gasteiger partial charge in [-0.25, -0.2) is 9.37 Å². The third kappa shape index (κ3) is 4.13. The van der Waals surface area contributed by atoms with Crippen molar-refractivity contribution in [1.82, 2.24) is 10.3 Å². The highest BCUT2D eigenvalue weighted by molar-refractivity contribution is 7.11. The van der Waals surface area contributed by atoms with E-state index in [4.69, 9.17) is 0 Å². The fourth-order valence-corrected chi connectivity index (χ4v) is 2.74. The number of aromatic nitrogens is 1. The van der Waals surface area contributed by atoms with Crippen LogP contribution in [0.15, 0.2) is 24.3 Å². The van der Waals surface area contributed by atoms with Gasteiger partial charge in [0.25, 0.3) is 0 Å². The number of carbonyl (C=O) groups is 1. The second-order valence-electron chi connectivity index (χ2n) is 4.65. The minimum atomic E-state index is -0.288. The van der Waals surface area contributed by atoms with Crippen LogP contribution in [-0.4, -0.2) is 17.4 Å². The largest absolute Gasteiger partial charge is 0.355 e. The van der Waals surface area contributed by atoms with Gasteiger partial charge in [0.05, 0.1) is 17.1 Å². The van der Waals surface area contributed by atoms with Crippen molar-refractivity contribution >= 4 is 17.2 Å². The summed E-state index contributed by atoms with van der Waals surface area (Å²) in [6.07, 6.45) is 1.02. The van der Waals surface area contributed by atoms with E-state index in [1.165, 1.54) is 17.0 Å². The normalized spacial score (nSPS) is 10.6. The summed E-state index contributed by atoms with van der Waals surface area (Å²) in [6, 6.07) is 5.98. The number of benzene rings is 1. The Morgan fingerprint density at radius 1 is 1.30 bits per heavy atom. The van der Waals surface area contributed by atoms with Gasteiger partial charge in [0.1, 0.15) is 5.82 Å². The Morgan fingerprint density at radius 2 is 2.00 bits per heavy atom.